The molecule has 28 heavy (non-hydrogen) atoms. The Morgan fingerprint density at radius 1 is 0.857 bits per heavy atom. The van der Waals surface area contributed by atoms with Gasteiger partial charge in [0.25, 0.3) is 5.92 Å². The SMILES string of the molecule is CCC(O)COc1ccc(C(F)(F)c2ccc(OCC(F)(F)CF)cc2)cc1. The smallest absolute Gasteiger partial charge is 0.309 e. The normalized spacial score (nSPS) is 13.2. The van der Waals surface area contributed by atoms with E-state index in [0.717, 1.165) is 24.3 Å². The zero-order valence-electron chi connectivity index (χ0n) is 15.2. The van der Waals surface area contributed by atoms with Crippen molar-refractivity contribution >= 4 is 0 Å². The lowest BCUT2D eigenvalue weighted by molar-refractivity contribution is -0.0585. The first-order valence-corrected chi connectivity index (χ1v) is 8.64. The number of benzene rings is 2. The minimum Gasteiger partial charge on any atom is -0.491 e. The van der Waals surface area contributed by atoms with Gasteiger partial charge in [0.2, 0.25) is 0 Å². The van der Waals surface area contributed by atoms with Gasteiger partial charge in [-0.1, -0.05) is 6.92 Å². The minimum atomic E-state index is -3.63. The highest BCUT2D eigenvalue weighted by Crippen LogP contribution is 2.37. The van der Waals surface area contributed by atoms with Gasteiger partial charge < -0.3 is 14.6 Å². The first-order chi connectivity index (χ1) is 13.2. The molecule has 0 saturated carbocycles. The predicted molar refractivity (Wildman–Crippen MR) is 94.1 cm³/mol. The first kappa shape index (κ1) is 21.9. The highest BCUT2D eigenvalue weighted by Gasteiger charge is 2.34. The second kappa shape index (κ2) is 9.23. The Hall–Kier alpha value is -2.35. The van der Waals surface area contributed by atoms with Crippen LogP contribution in [0.5, 0.6) is 11.5 Å². The van der Waals surface area contributed by atoms with E-state index >= 15 is 0 Å². The van der Waals surface area contributed by atoms with E-state index in [0.29, 0.717) is 12.2 Å². The maximum absolute atomic E-state index is 14.7. The lowest BCUT2D eigenvalue weighted by Gasteiger charge is -2.19. The van der Waals surface area contributed by atoms with E-state index in [2.05, 4.69) is 0 Å². The predicted octanol–water partition coefficient (Wildman–Crippen LogP) is 4.96. The minimum absolute atomic E-state index is 0.0640. The highest BCUT2D eigenvalue weighted by atomic mass is 19.3. The van der Waals surface area contributed by atoms with Crippen molar-refractivity contribution in [3.8, 4) is 11.5 Å². The quantitative estimate of drug-likeness (QED) is 0.569. The van der Waals surface area contributed by atoms with Crippen LogP contribution >= 0.6 is 0 Å². The molecule has 1 unspecified atom stereocenters. The van der Waals surface area contributed by atoms with Gasteiger partial charge in [0.1, 0.15) is 18.1 Å². The Morgan fingerprint density at radius 3 is 1.75 bits per heavy atom. The van der Waals surface area contributed by atoms with E-state index in [1.165, 1.54) is 24.3 Å². The van der Waals surface area contributed by atoms with Crippen molar-refractivity contribution in [1.82, 2.24) is 0 Å². The molecule has 2 aromatic rings. The van der Waals surface area contributed by atoms with Gasteiger partial charge in [-0.3, -0.25) is 0 Å². The molecule has 0 aliphatic carbocycles. The Balaban J connectivity index is 2.05. The summed E-state index contributed by atoms with van der Waals surface area (Å²) >= 11 is 0. The summed E-state index contributed by atoms with van der Waals surface area (Å²) < 4.78 is 77.1. The van der Waals surface area contributed by atoms with Gasteiger partial charge >= 0.3 is 5.92 Å². The van der Waals surface area contributed by atoms with Crippen LogP contribution in [0.2, 0.25) is 0 Å². The summed E-state index contributed by atoms with van der Waals surface area (Å²) in [6.07, 6.45) is -0.118. The van der Waals surface area contributed by atoms with E-state index in [-0.39, 0.29) is 23.5 Å². The largest absolute Gasteiger partial charge is 0.491 e. The maximum atomic E-state index is 14.7. The van der Waals surface area contributed by atoms with Gasteiger partial charge in [-0.15, -0.1) is 0 Å². The monoisotopic (exact) mass is 404 g/mol. The van der Waals surface area contributed by atoms with Crippen molar-refractivity contribution in [2.24, 2.45) is 0 Å². The van der Waals surface area contributed by atoms with Crippen molar-refractivity contribution in [1.29, 1.82) is 0 Å². The van der Waals surface area contributed by atoms with Crippen LogP contribution in [-0.2, 0) is 5.92 Å². The fraction of sp³-hybridized carbons (Fsp3) is 0.400. The van der Waals surface area contributed by atoms with Crippen molar-refractivity contribution in [3.63, 3.8) is 0 Å². The van der Waals surface area contributed by atoms with Crippen molar-refractivity contribution < 1.29 is 36.5 Å². The number of ether oxygens (including phenoxy) is 2. The summed E-state index contributed by atoms with van der Waals surface area (Å²) in [5, 5.41) is 9.46. The molecule has 0 fully saturated rings. The molecule has 0 aromatic heterocycles. The molecule has 0 radical (unpaired) electrons. The topological polar surface area (TPSA) is 38.7 Å². The Morgan fingerprint density at radius 2 is 1.32 bits per heavy atom. The van der Waals surface area contributed by atoms with E-state index < -0.39 is 31.2 Å². The highest BCUT2D eigenvalue weighted by molar-refractivity contribution is 5.39. The van der Waals surface area contributed by atoms with Crippen molar-refractivity contribution in [2.45, 2.75) is 31.3 Å². The number of hydrogen-bond acceptors (Lipinski definition) is 3. The summed E-state index contributed by atoms with van der Waals surface area (Å²) in [4.78, 5) is 0. The summed E-state index contributed by atoms with van der Waals surface area (Å²) in [5.41, 5.74) is -0.638. The van der Waals surface area contributed by atoms with Crippen molar-refractivity contribution in [3.05, 3.63) is 59.7 Å². The van der Waals surface area contributed by atoms with Crippen LogP contribution < -0.4 is 9.47 Å². The molecule has 3 nitrogen and oxygen atoms in total. The molecule has 8 heteroatoms. The van der Waals surface area contributed by atoms with Gasteiger partial charge in [0, 0.05) is 11.1 Å². The lowest BCUT2D eigenvalue weighted by Crippen LogP contribution is -2.27. The molecule has 2 aromatic carbocycles. The van der Waals surface area contributed by atoms with Crippen LogP contribution in [0.25, 0.3) is 0 Å². The number of halogens is 5. The zero-order valence-corrected chi connectivity index (χ0v) is 15.2. The summed E-state index contributed by atoms with van der Waals surface area (Å²) in [6, 6.07) is 9.54. The fourth-order valence-electron chi connectivity index (χ4n) is 2.23. The number of alkyl halides is 5. The molecule has 1 N–H and O–H groups in total. The third-order valence-electron chi connectivity index (χ3n) is 3.99. The molecule has 0 heterocycles. The van der Waals surface area contributed by atoms with Crippen LogP contribution in [0.4, 0.5) is 22.0 Å². The fourth-order valence-corrected chi connectivity index (χ4v) is 2.23. The Labute approximate surface area is 159 Å². The van der Waals surface area contributed by atoms with Crippen LogP contribution in [0.1, 0.15) is 24.5 Å². The molecule has 0 amide bonds. The Kier molecular flexibility index (Phi) is 7.23. The van der Waals surface area contributed by atoms with Gasteiger partial charge in [-0.25, -0.2) is 4.39 Å². The molecule has 0 saturated heterocycles. The number of aliphatic hydroxyl groups excluding tert-OH is 1. The molecule has 0 aliphatic rings. The third-order valence-corrected chi connectivity index (χ3v) is 3.99. The van der Waals surface area contributed by atoms with Crippen LogP contribution in [-0.4, -0.2) is 37.0 Å². The first-order valence-electron chi connectivity index (χ1n) is 8.64. The van der Waals surface area contributed by atoms with Crippen LogP contribution in [0, 0.1) is 0 Å². The second-order valence-corrected chi connectivity index (χ2v) is 6.27. The lowest BCUT2D eigenvalue weighted by atomic mass is 10.0. The zero-order chi connectivity index (χ0) is 20.8. The van der Waals surface area contributed by atoms with Gasteiger partial charge in [0.05, 0.1) is 6.10 Å². The number of hydrogen-bond donors (Lipinski definition) is 1. The average molecular weight is 404 g/mol. The van der Waals surface area contributed by atoms with Crippen molar-refractivity contribution in [2.75, 3.05) is 19.9 Å². The van der Waals surface area contributed by atoms with E-state index in [1.807, 2.05) is 0 Å². The van der Waals surface area contributed by atoms with Crippen LogP contribution in [0.15, 0.2) is 48.5 Å². The second-order valence-electron chi connectivity index (χ2n) is 6.27. The molecule has 2 rings (SSSR count). The van der Waals surface area contributed by atoms with Crippen LogP contribution in [0.3, 0.4) is 0 Å². The molecule has 0 spiro atoms. The molecular weight excluding hydrogens is 383 g/mol. The number of aliphatic hydroxyl groups is 1. The summed E-state index contributed by atoms with van der Waals surface area (Å²) in [5.74, 6) is -6.67. The Bertz CT molecular complexity index is 733. The summed E-state index contributed by atoms with van der Waals surface area (Å²) in [6.45, 7) is -1.18. The third kappa shape index (κ3) is 5.82. The van der Waals surface area contributed by atoms with Gasteiger partial charge in [-0.2, -0.15) is 17.6 Å². The molecule has 154 valence electrons. The van der Waals surface area contributed by atoms with E-state index in [4.69, 9.17) is 9.47 Å². The molecule has 1 atom stereocenters. The molecular formula is C20H21F5O3. The van der Waals surface area contributed by atoms with E-state index in [1.54, 1.807) is 6.92 Å². The average Bonchev–Trinajstić information content (AvgIpc) is 2.71. The number of rotatable bonds is 10. The maximum Gasteiger partial charge on any atom is 0.309 e. The van der Waals surface area contributed by atoms with Gasteiger partial charge in [0.15, 0.2) is 13.3 Å². The molecule has 0 bridgehead atoms. The molecule has 0 aliphatic heterocycles. The standard InChI is InChI=1S/C20H21F5O3/c1-2-16(26)11-27-17-7-3-14(4-8-17)20(24,25)15-5-9-18(10-6-15)28-13-19(22,23)12-21/h3-10,16,26H,2,11-13H2,1H3. The van der Waals surface area contributed by atoms with E-state index in [9.17, 15) is 27.1 Å². The summed E-state index contributed by atoms with van der Waals surface area (Å²) in [7, 11) is 0. The van der Waals surface area contributed by atoms with Gasteiger partial charge in [-0.05, 0) is 55.0 Å².